The van der Waals surface area contributed by atoms with Crippen molar-refractivity contribution in [3.05, 3.63) is 11.8 Å². The molecular weight excluding hydrogens is 299 g/mol. The summed E-state index contributed by atoms with van der Waals surface area (Å²) in [4.78, 5) is 22.6. The second-order valence-electron chi connectivity index (χ2n) is 5.32. The molecule has 1 N–H and O–H groups in total. The fourth-order valence-electron chi connectivity index (χ4n) is 2.14. The molecule has 1 amide bonds. The van der Waals surface area contributed by atoms with Crippen LogP contribution in [0.3, 0.4) is 0 Å². The van der Waals surface area contributed by atoms with Gasteiger partial charge in [-0.25, -0.2) is 4.98 Å². The Kier molecular flexibility index (Phi) is 4.43. The summed E-state index contributed by atoms with van der Waals surface area (Å²) in [6.45, 7) is 2.52. The normalized spacial score (nSPS) is 19.6. The molecular formula is C13H18F3N5O. The van der Waals surface area contributed by atoms with Gasteiger partial charge in [0.15, 0.2) is 5.69 Å². The summed E-state index contributed by atoms with van der Waals surface area (Å²) in [6, 6.07) is 0.271. The van der Waals surface area contributed by atoms with Crippen molar-refractivity contribution in [2.24, 2.45) is 0 Å². The minimum Gasteiger partial charge on any atom is -0.363 e. The molecule has 122 valence electrons. The van der Waals surface area contributed by atoms with Crippen LogP contribution in [-0.2, 0) is 11.0 Å². The van der Waals surface area contributed by atoms with Gasteiger partial charge in [0.1, 0.15) is 11.9 Å². The number of hydrogen-bond donors (Lipinski definition) is 1. The van der Waals surface area contributed by atoms with Crippen molar-refractivity contribution in [1.82, 2.24) is 15.3 Å². The molecule has 0 radical (unpaired) electrons. The van der Waals surface area contributed by atoms with Crippen LogP contribution in [0, 0.1) is 0 Å². The van der Waals surface area contributed by atoms with Gasteiger partial charge < -0.3 is 15.1 Å². The van der Waals surface area contributed by atoms with Crippen LogP contribution in [0.4, 0.5) is 24.9 Å². The topological polar surface area (TPSA) is 61.4 Å². The predicted octanol–water partition coefficient (Wildman–Crippen LogP) is 1.28. The van der Waals surface area contributed by atoms with Crippen LogP contribution in [0.1, 0.15) is 19.0 Å². The average molecular weight is 317 g/mol. The maximum absolute atomic E-state index is 13.0. The van der Waals surface area contributed by atoms with Crippen molar-refractivity contribution in [2.75, 3.05) is 37.0 Å². The highest BCUT2D eigenvalue weighted by Crippen LogP contribution is 2.31. The molecule has 0 aromatic carbocycles. The molecule has 2 heterocycles. The number of amides is 1. The Labute approximate surface area is 126 Å². The first kappa shape index (κ1) is 16.3. The molecule has 0 bridgehead atoms. The predicted molar refractivity (Wildman–Crippen MR) is 75.8 cm³/mol. The molecule has 2 rings (SSSR count). The van der Waals surface area contributed by atoms with Gasteiger partial charge in [0.05, 0.1) is 0 Å². The van der Waals surface area contributed by atoms with Crippen LogP contribution in [0.2, 0.25) is 0 Å². The van der Waals surface area contributed by atoms with E-state index in [0.717, 1.165) is 6.07 Å². The minimum atomic E-state index is -4.57. The Morgan fingerprint density at radius 2 is 2.05 bits per heavy atom. The highest BCUT2D eigenvalue weighted by Gasteiger charge is 2.35. The fourth-order valence-corrected chi connectivity index (χ4v) is 2.14. The van der Waals surface area contributed by atoms with Crippen molar-refractivity contribution < 1.29 is 18.0 Å². The average Bonchev–Trinajstić information content (AvgIpc) is 2.60. The molecule has 1 aliphatic rings. The molecule has 0 saturated carbocycles. The van der Waals surface area contributed by atoms with E-state index < -0.39 is 17.9 Å². The Morgan fingerprint density at radius 3 is 2.64 bits per heavy atom. The zero-order valence-electron chi connectivity index (χ0n) is 12.6. The molecule has 1 atom stereocenters. The van der Waals surface area contributed by atoms with Gasteiger partial charge in [-0.2, -0.15) is 18.2 Å². The van der Waals surface area contributed by atoms with E-state index >= 15 is 0 Å². The second-order valence-corrected chi connectivity index (χ2v) is 5.32. The summed E-state index contributed by atoms with van der Waals surface area (Å²) < 4.78 is 39.1. The van der Waals surface area contributed by atoms with Gasteiger partial charge in [0, 0.05) is 33.3 Å². The third kappa shape index (κ3) is 3.40. The molecule has 1 aromatic rings. The number of nitrogens with one attached hydrogen (secondary N) is 1. The molecule has 6 nitrogen and oxygen atoms in total. The summed E-state index contributed by atoms with van der Waals surface area (Å²) in [6.07, 6.45) is -3.95. The molecule has 9 heteroatoms. The van der Waals surface area contributed by atoms with Gasteiger partial charge >= 0.3 is 6.18 Å². The molecule has 22 heavy (non-hydrogen) atoms. The van der Waals surface area contributed by atoms with Crippen LogP contribution in [0.15, 0.2) is 6.07 Å². The summed E-state index contributed by atoms with van der Waals surface area (Å²) in [5, 5.41) is 2.71. The van der Waals surface area contributed by atoms with E-state index in [1.54, 1.807) is 21.0 Å². The maximum Gasteiger partial charge on any atom is 0.433 e. The first-order valence-electron chi connectivity index (χ1n) is 6.88. The number of nitrogens with zero attached hydrogens (tertiary/aromatic N) is 4. The van der Waals surface area contributed by atoms with E-state index in [4.69, 9.17) is 0 Å². The fraction of sp³-hybridized carbons (Fsp3) is 0.615. The van der Waals surface area contributed by atoms with Crippen molar-refractivity contribution in [3.8, 4) is 0 Å². The van der Waals surface area contributed by atoms with Crippen LogP contribution in [-0.4, -0.2) is 49.1 Å². The van der Waals surface area contributed by atoms with E-state index in [1.807, 2.05) is 0 Å². The lowest BCUT2D eigenvalue weighted by Crippen LogP contribution is -2.43. The number of halogens is 3. The smallest absolute Gasteiger partial charge is 0.363 e. The third-order valence-electron chi connectivity index (χ3n) is 3.43. The number of carbonyl (C=O) groups is 1. The lowest BCUT2D eigenvalue weighted by Gasteiger charge is -2.27. The summed E-state index contributed by atoms with van der Waals surface area (Å²) in [5.41, 5.74) is -1.02. The Bertz CT molecular complexity index is 561. The lowest BCUT2D eigenvalue weighted by atomic mass is 10.2. The Balaban J connectivity index is 2.48. The van der Waals surface area contributed by atoms with Crippen LogP contribution >= 0.6 is 0 Å². The zero-order chi connectivity index (χ0) is 16.5. The Hall–Kier alpha value is -2.06. The van der Waals surface area contributed by atoms with Crippen molar-refractivity contribution in [1.29, 1.82) is 0 Å². The standard InChI is InChI=1S/C13H18F3N5O/c1-8-11(22)17-5-4-6-21(8)12-18-9(13(14,15)16)7-10(19-12)20(2)3/h7-8H,4-6H2,1-3H3,(H,17,22). The first-order valence-corrected chi connectivity index (χ1v) is 6.88. The van der Waals surface area contributed by atoms with Gasteiger partial charge in [-0.05, 0) is 13.3 Å². The van der Waals surface area contributed by atoms with Crippen LogP contribution in [0.25, 0.3) is 0 Å². The van der Waals surface area contributed by atoms with E-state index in [-0.39, 0.29) is 17.7 Å². The van der Waals surface area contributed by atoms with E-state index in [2.05, 4.69) is 15.3 Å². The van der Waals surface area contributed by atoms with Crippen LogP contribution in [0.5, 0.6) is 0 Å². The summed E-state index contributed by atoms with van der Waals surface area (Å²) >= 11 is 0. The van der Waals surface area contributed by atoms with Crippen LogP contribution < -0.4 is 15.1 Å². The maximum atomic E-state index is 13.0. The third-order valence-corrected chi connectivity index (χ3v) is 3.43. The highest BCUT2D eigenvalue weighted by molar-refractivity contribution is 5.84. The van der Waals surface area contributed by atoms with Gasteiger partial charge in [-0.15, -0.1) is 0 Å². The molecule has 0 aliphatic carbocycles. The SMILES string of the molecule is CC1C(=O)NCCCN1c1nc(N(C)C)cc(C(F)(F)F)n1. The zero-order valence-corrected chi connectivity index (χ0v) is 12.6. The van der Waals surface area contributed by atoms with Gasteiger partial charge in [-0.3, -0.25) is 4.79 Å². The van der Waals surface area contributed by atoms with Crippen molar-refractivity contribution in [2.45, 2.75) is 25.6 Å². The first-order chi connectivity index (χ1) is 10.2. The molecule has 0 spiro atoms. The van der Waals surface area contributed by atoms with E-state index in [0.29, 0.717) is 19.5 Å². The lowest BCUT2D eigenvalue weighted by molar-refractivity contribution is -0.141. The van der Waals surface area contributed by atoms with Crippen molar-refractivity contribution >= 4 is 17.7 Å². The second kappa shape index (κ2) is 5.98. The van der Waals surface area contributed by atoms with E-state index in [1.165, 1.54) is 9.80 Å². The Morgan fingerprint density at radius 1 is 1.36 bits per heavy atom. The number of anilines is 2. The monoisotopic (exact) mass is 317 g/mol. The van der Waals surface area contributed by atoms with Gasteiger partial charge in [0.2, 0.25) is 11.9 Å². The van der Waals surface area contributed by atoms with Crippen molar-refractivity contribution in [3.63, 3.8) is 0 Å². The summed E-state index contributed by atoms with van der Waals surface area (Å²) in [7, 11) is 3.20. The minimum absolute atomic E-state index is 0.0805. The molecule has 1 fully saturated rings. The summed E-state index contributed by atoms with van der Waals surface area (Å²) in [5.74, 6) is -0.179. The largest absolute Gasteiger partial charge is 0.433 e. The number of hydrogen-bond acceptors (Lipinski definition) is 5. The molecule has 1 saturated heterocycles. The number of alkyl halides is 3. The quantitative estimate of drug-likeness (QED) is 0.890. The van der Waals surface area contributed by atoms with Gasteiger partial charge in [-0.1, -0.05) is 0 Å². The van der Waals surface area contributed by atoms with E-state index in [9.17, 15) is 18.0 Å². The number of aromatic nitrogens is 2. The molecule has 1 aromatic heterocycles. The number of carbonyl (C=O) groups excluding carboxylic acids is 1. The highest BCUT2D eigenvalue weighted by atomic mass is 19.4. The molecule has 1 aliphatic heterocycles. The molecule has 1 unspecified atom stereocenters. The number of rotatable bonds is 2. The van der Waals surface area contributed by atoms with Gasteiger partial charge in [0.25, 0.3) is 0 Å².